The van der Waals surface area contributed by atoms with E-state index in [1.165, 1.54) is 0 Å². The zero-order valence-corrected chi connectivity index (χ0v) is 12.1. The number of rotatable bonds is 6. The van der Waals surface area contributed by atoms with E-state index in [0.717, 1.165) is 25.8 Å². The predicted octanol–water partition coefficient (Wildman–Crippen LogP) is 1.38. The first-order valence-corrected chi connectivity index (χ1v) is 7.22. The number of likely N-dealkylation sites (tertiary alicyclic amines) is 1. The molecule has 0 radical (unpaired) electrons. The van der Waals surface area contributed by atoms with Gasteiger partial charge in [-0.3, -0.25) is 9.69 Å². The maximum atomic E-state index is 12.2. The fourth-order valence-corrected chi connectivity index (χ4v) is 2.77. The number of nitrogens with one attached hydrogen (secondary N) is 1. The third-order valence-electron chi connectivity index (χ3n) is 4.32. The SMILES string of the molecule is CCC(CC)NC(=O)C(C)N1CCC(C)C1CO. The molecule has 1 saturated heterocycles. The van der Waals surface area contributed by atoms with Crippen LogP contribution in [0.4, 0.5) is 0 Å². The zero-order chi connectivity index (χ0) is 13.7. The lowest BCUT2D eigenvalue weighted by Crippen LogP contribution is -2.51. The summed E-state index contributed by atoms with van der Waals surface area (Å²) in [5.41, 5.74) is 0. The average Bonchev–Trinajstić information content (AvgIpc) is 2.75. The zero-order valence-electron chi connectivity index (χ0n) is 12.1. The Morgan fingerprint density at radius 1 is 1.44 bits per heavy atom. The lowest BCUT2D eigenvalue weighted by Gasteiger charge is -2.31. The highest BCUT2D eigenvalue weighted by Gasteiger charge is 2.36. The molecule has 0 aliphatic carbocycles. The minimum Gasteiger partial charge on any atom is -0.395 e. The van der Waals surface area contributed by atoms with Crippen molar-refractivity contribution in [2.24, 2.45) is 5.92 Å². The molecule has 1 fully saturated rings. The third kappa shape index (κ3) is 3.45. The second-order valence-electron chi connectivity index (χ2n) is 5.45. The molecule has 4 nitrogen and oxygen atoms in total. The van der Waals surface area contributed by atoms with Crippen LogP contribution < -0.4 is 5.32 Å². The summed E-state index contributed by atoms with van der Waals surface area (Å²) in [6.07, 6.45) is 3.00. The number of nitrogens with zero attached hydrogens (tertiary/aromatic N) is 1. The maximum absolute atomic E-state index is 12.2. The predicted molar refractivity (Wildman–Crippen MR) is 73.3 cm³/mol. The molecule has 1 heterocycles. The summed E-state index contributed by atoms with van der Waals surface area (Å²) in [6.45, 7) is 9.32. The van der Waals surface area contributed by atoms with Crippen molar-refractivity contribution in [3.8, 4) is 0 Å². The van der Waals surface area contributed by atoms with Crippen molar-refractivity contribution in [1.29, 1.82) is 0 Å². The van der Waals surface area contributed by atoms with Crippen LogP contribution in [0, 0.1) is 5.92 Å². The van der Waals surface area contributed by atoms with Gasteiger partial charge in [-0.2, -0.15) is 0 Å². The van der Waals surface area contributed by atoms with Crippen LogP contribution in [-0.4, -0.2) is 47.2 Å². The number of hydrogen-bond donors (Lipinski definition) is 2. The van der Waals surface area contributed by atoms with Crippen LogP contribution in [0.3, 0.4) is 0 Å². The monoisotopic (exact) mass is 256 g/mol. The largest absolute Gasteiger partial charge is 0.395 e. The Hall–Kier alpha value is -0.610. The third-order valence-corrected chi connectivity index (χ3v) is 4.32. The highest BCUT2D eigenvalue weighted by Crippen LogP contribution is 2.25. The smallest absolute Gasteiger partial charge is 0.237 e. The van der Waals surface area contributed by atoms with E-state index in [-0.39, 0.29) is 30.6 Å². The van der Waals surface area contributed by atoms with Gasteiger partial charge in [-0.05, 0) is 38.6 Å². The minimum atomic E-state index is -0.146. The Kier molecular flexibility index (Phi) is 6.09. The van der Waals surface area contributed by atoms with E-state index in [4.69, 9.17) is 0 Å². The average molecular weight is 256 g/mol. The second kappa shape index (κ2) is 7.10. The molecule has 0 aromatic carbocycles. The van der Waals surface area contributed by atoms with Gasteiger partial charge < -0.3 is 10.4 Å². The first-order chi connectivity index (χ1) is 8.54. The van der Waals surface area contributed by atoms with Gasteiger partial charge in [0.15, 0.2) is 0 Å². The van der Waals surface area contributed by atoms with Gasteiger partial charge >= 0.3 is 0 Å². The molecule has 1 amide bonds. The number of hydrogen-bond acceptors (Lipinski definition) is 3. The van der Waals surface area contributed by atoms with Gasteiger partial charge in [0.25, 0.3) is 0 Å². The van der Waals surface area contributed by atoms with E-state index in [9.17, 15) is 9.90 Å². The molecule has 1 aliphatic heterocycles. The molecule has 2 N–H and O–H groups in total. The van der Waals surface area contributed by atoms with E-state index in [1.54, 1.807) is 0 Å². The van der Waals surface area contributed by atoms with Gasteiger partial charge in [0.1, 0.15) is 0 Å². The lowest BCUT2D eigenvalue weighted by molar-refractivity contribution is -0.127. The molecule has 0 saturated carbocycles. The van der Waals surface area contributed by atoms with Crippen LogP contribution >= 0.6 is 0 Å². The quantitative estimate of drug-likeness (QED) is 0.755. The Morgan fingerprint density at radius 3 is 2.56 bits per heavy atom. The van der Waals surface area contributed by atoms with Gasteiger partial charge in [0.05, 0.1) is 12.6 Å². The highest BCUT2D eigenvalue weighted by atomic mass is 16.3. The fourth-order valence-electron chi connectivity index (χ4n) is 2.77. The number of amides is 1. The van der Waals surface area contributed by atoms with Crippen LogP contribution in [0.25, 0.3) is 0 Å². The van der Waals surface area contributed by atoms with Crippen molar-refractivity contribution in [1.82, 2.24) is 10.2 Å². The summed E-state index contributed by atoms with van der Waals surface area (Å²) in [4.78, 5) is 14.3. The molecule has 0 aromatic heterocycles. The first kappa shape index (κ1) is 15.4. The number of aliphatic hydroxyl groups is 1. The Labute approximate surface area is 111 Å². The van der Waals surface area contributed by atoms with E-state index in [1.807, 2.05) is 6.92 Å². The van der Waals surface area contributed by atoms with E-state index in [2.05, 4.69) is 31.0 Å². The van der Waals surface area contributed by atoms with Gasteiger partial charge in [0.2, 0.25) is 5.91 Å². The highest BCUT2D eigenvalue weighted by molar-refractivity contribution is 5.81. The molecule has 0 aromatic rings. The molecular weight excluding hydrogens is 228 g/mol. The van der Waals surface area contributed by atoms with Crippen molar-refractivity contribution >= 4 is 5.91 Å². The second-order valence-corrected chi connectivity index (χ2v) is 5.45. The van der Waals surface area contributed by atoms with Gasteiger partial charge in [-0.1, -0.05) is 20.8 Å². The Bertz CT molecular complexity index is 267. The van der Waals surface area contributed by atoms with E-state index >= 15 is 0 Å². The van der Waals surface area contributed by atoms with Gasteiger partial charge in [-0.15, -0.1) is 0 Å². The van der Waals surface area contributed by atoms with Crippen molar-refractivity contribution in [2.75, 3.05) is 13.2 Å². The summed E-state index contributed by atoms with van der Waals surface area (Å²) in [7, 11) is 0. The van der Waals surface area contributed by atoms with Crippen molar-refractivity contribution in [3.05, 3.63) is 0 Å². The number of carbonyl (C=O) groups is 1. The van der Waals surface area contributed by atoms with Crippen LogP contribution in [0.5, 0.6) is 0 Å². The van der Waals surface area contributed by atoms with Crippen molar-refractivity contribution < 1.29 is 9.90 Å². The molecule has 18 heavy (non-hydrogen) atoms. The lowest BCUT2D eigenvalue weighted by atomic mass is 10.0. The van der Waals surface area contributed by atoms with Crippen molar-refractivity contribution in [2.45, 2.75) is 65.1 Å². The molecule has 1 rings (SSSR count). The molecule has 3 atom stereocenters. The molecule has 4 heteroatoms. The molecule has 3 unspecified atom stereocenters. The minimum absolute atomic E-state index is 0.0938. The first-order valence-electron chi connectivity index (χ1n) is 7.22. The topological polar surface area (TPSA) is 52.6 Å². The Balaban J connectivity index is 2.58. The van der Waals surface area contributed by atoms with Crippen LogP contribution in [0.1, 0.15) is 47.0 Å². The standard InChI is InChI=1S/C14H28N2O2/c1-5-12(6-2)15-14(18)11(4)16-8-7-10(3)13(16)9-17/h10-13,17H,5-9H2,1-4H3,(H,15,18). The number of carbonyl (C=O) groups excluding carboxylic acids is 1. The summed E-state index contributed by atoms with van der Waals surface area (Å²) in [6, 6.07) is 0.257. The molecule has 106 valence electrons. The fraction of sp³-hybridized carbons (Fsp3) is 0.929. The van der Waals surface area contributed by atoms with Crippen LogP contribution in [-0.2, 0) is 4.79 Å². The van der Waals surface area contributed by atoms with Crippen LogP contribution in [0.15, 0.2) is 0 Å². The molecule has 0 spiro atoms. The molecular formula is C14H28N2O2. The molecule has 0 bridgehead atoms. The summed E-state index contributed by atoms with van der Waals surface area (Å²) >= 11 is 0. The van der Waals surface area contributed by atoms with Crippen molar-refractivity contribution in [3.63, 3.8) is 0 Å². The van der Waals surface area contributed by atoms with Gasteiger partial charge in [-0.25, -0.2) is 0 Å². The Morgan fingerprint density at radius 2 is 2.06 bits per heavy atom. The van der Waals surface area contributed by atoms with Gasteiger partial charge in [0, 0.05) is 12.1 Å². The summed E-state index contributed by atoms with van der Waals surface area (Å²) in [5.74, 6) is 0.564. The number of aliphatic hydroxyl groups excluding tert-OH is 1. The molecule has 1 aliphatic rings. The van der Waals surface area contributed by atoms with E-state index < -0.39 is 0 Å². The summed E-state index contributed by atoms with van der Waals surface area (Å²) < 4.78 is 0. The normalized spacial score (nSPS) is 26.6. The van der Waals surface area contributed by atoms with E-state index in [0.29, 0.717) is 5.92 Å². The van der Waals surface area contributed by atoms with Crippen LogP contribution in [0.2, 0.25) is 0 Å². The maximum Gasteiger partial charge on any atom is 0.237 e. The summed E-state index contributed by atoms with van der Waals surface area (Å²) in [5, 5.41) is 12.5.